The number of fused-ring (bicyclic) bond motifs is 1. The number of thiazole rings is 1. The van der Waals surface area contributed by atoms with Crippen molar-refractivity contribution in [3.63, 3.8) is 0 Å². The Morgan fingerprint density at radius 1 is 1.15 bits per heavy atom. The maximum Gasteiger partial charge on any atom is 0.241 e. The zero-order chi connectivity index (χ0) is 17.5. The first kappa shape index (κ1) is 16.6. The summed E-state index contributed by atoms with van der Waals surface area (Å²) in [5.74, 6) is 1.05. The SMILES string of the molecule is O=C(C1CC(C2CC2)NN1)N1CCN(Cc2nc3ccccc3s2)CC1. The number of amides is 1. The van der Waals surface area contributed by atoms with Gasteiger partial charge in [0.05, 0.1) is 16.8 Å². The molecule has 6 nitrogen and oxygen atoms in total. The minimum atomic E-state index is -0.0450. The van der Waals surface area contributed by atoms with Crippen molar-refractivity contribution in [1.82, 2.24) is 25.6 Å². The molecular formula is C19H25N5OS. The molecule has 138 valence electrons. The van der Waals surface area contributed by atoms with Gasteiger partial charge in [0.1, 0.15) is 11.0 Å². The molecule has 2 aromatic rings. The molecule has 1 aromatic carbocycles. The Morgan fingerprint density at radius 3 is 2.73 bits per heavy atom. The van der Waals surface area contributed by atoms with Gasteiger partial charge in [-0.3, -0.25) is 15.1 Å². The summed E-state index contributed by atoms with van der Waals surface area (Å²) in [4.78, 5) is 21.9. The zero-order valence-electron chi connectivity index (χ0n) is 14.9. The molecule has 1 aromatic heterocycles. The lowest BCUT2D eigenvalue weighted by atomic mass is 10.1. The highest BCUT2D eigenvalue weighted by atomic mass is 32.1. The van der Waals surface area contributed by atoms with Crippen LogP contribution in [0.25, 0.3) is 10.2 Å². The van der Waals surface area contributed by atoms with Crippen molar-refractivity contribution < 1.29 is 4.79 Å². The number of hydrogen-bond donors (Lipinski definition) is 2. The number of aromatic nitrogens is 1. The van der Waals surface area contributed by atoms with Crippen LogP contribution in [0.5, 0.6) is 0 Å². The molecule has 1 amide bonds. The van der Waals surface area contributed by atoms with Gasteiger partial charge in [-0.2, -0.15) is 0 Å². The van der Waals surface area contributed by atoms with E-state index in [1.54, 1.807) is 11.3 Å². The van der Waals surface area contributed by atoms with Crippen molar-refractivity contribution >= 4 is 27.5 Å². The van der Waals surface area contributed by atoms with Crippen molar-refractivity contribution in [1.29, 1.82) is 0 Å². The number of hydrogen-bond acceptors (Lipinski definition) is 6. The molecule has 5 rings (SSSR count). The predicted octanol–water partition coefficient (Wildman–Crippen LogP) is 1.59. The highest BCUT2D eigenvalue weighted by molar-refractivity contribution is 7.18. The highest BCUT2D eigenvalue weighted by Gasteiger charge is 2.40. The van der Waals surface area contributed by atoms with Crippen LogP contribution in [0.15, 0.2) is 24.3 Å². The first-order valence-corrected chi connectivity index (χ1v) is 10.4. The van der Waals surface area contributed by atoms with Gasteiger partial charge < -0.3 is 4.90 Å². The average molecular weight is 372 g/mol. The molecule has 3 fully saturated rings. The third kappa shape index (κ3) is 3.36. The minimum absolute atomic E-state index is 0.0450. The molecule has 2 saturated heterocycles. The van der Waals surface area contributed by atoms with Gasteiger partial charge in [0, 0.05) is 32.2 Å². The fourth-order valence-electron chi connectivity index (χ4n) is 4.08. The van der Waals surface area contributed by atoms with E-state index in [4.69, 9.17) is 4.98 Å². The first-order chi connectivity index (χ1) is 12.8. The Bertz CT molecular complexity index is 763. The van der Waals surface area contributed by atoms with Crippen LogP contribution in [0, 0.1) is 5.92 Å². The molecule has 2 aliphatic heterocycles. The maximum atomic E-state index is 12.8. The van der Waals surface area contributed by atoms with Crippen molar-refractivity contribution in [3.8, 4) is 0 Å². The van der Waals surface area contributed by atoms with E-state index in [1.807, 2.05) is 11.0 Å². The molecule has 2 atom stereocenters. The molecule has 3 heterocycles. The van der Waals surface area contributed by atoms with Gasteiger partial charge in [-0.1, -0.05) is 12.1 Å². The van der Waals surface area contributed by atoms with Gasteiger partial charge in [-0.25, -0.2) is 10.4 Å². The summed E-state index contributed by atoms with van der Waals surface area (Å²) < 4.78 is 1.25. The Balaban J connectivity index is 1.14. The number of carbonyl (C=O) groups excluding carboxylic acids is 1. The predicted molar refractivity (Wildman–Crippen MR) is 103 cm³/mol. The van der Waals surface area contributed by atoms with Gasteiger partial charge in [0.25, 0.3) is 0 Å². The Hall–Kier alpha value is -1.54. The summed E-state index contributed by atoms with van der Waals surface area (Å²) in [6, 6.07) is 8.75. The van der Waals surface area contributed by atoms with E-state index in [2.05, 4.69) is 34.0 Å². The van der Waals surface area contributed by atoms with Gasteiger partial charge in [-0.15, -0.1) is 11.3 Å². The monoisotopic (exact) mass is 371 g/mol. The molecule has 0 radical (unpaired) electrons. The van der Waals surface area contributed by atoms with Gasteiger partial charge in [-0.05, 0) is 37.3 Å². The number of benzene rings is 1. The summed E-state index contributed by atoms with van der Waals surface area (Å²) >= 11 is 1.78. The van der Waals surface area contributed by atoms with E-state index in [9.17, 15) is 4.79 Å². The average Bonchev–Trinajstić information content (AvgIpc) is 3.25. The number of piperazine rings is 1. The fourth-order valence-corrected chi connectivity index (χ4v) is 5.09. The van der Waals surface area contributed by atoms with Gasteiger partial charge in [0.2, 0.25) is 5.91 Å². The number of rotatable bonds is 4. The van der Waals surface area contributed by atoms with Crippen molar-refractivity contribution in [3.05, 3.63) is 29.3 Å². The van der Waals surface area contributed by atoms with Crippen LogP contribution in [-0.4, -0.2) is 59.0 Å². The van der Waals surface area contributed by atoms with Crippen LogP contribution in [0.3, 0.4) is 0 Å². The van der Waals surface area contributed by atoms with Crippen molar-refractivity contribution in [2.75, 3.05) is 26.2 Å². The van der Waals surface area contributed by atoms with Gasteiger partial charge >= 0.3 is 0 Å². The van der Waals surface area contributed by atoms with Crippen molar-refractivity contribution in [2.24, 2.45) is 5.92 Å². The van der Waals surface area contributed by atoms with E-state index >= 15 is 0 Å². The van der Waals surface area contributed by atoms with Crippen LogP contribution in [0.1, 0.15) is 24.3 Å². The van der Waals surface area contributed by atoms with Crippen LogP contribution in [0.2, 0.25) is 0 Å². The molecule has 26 heavy (non-hydrogen) atoms. The lowest BCUT2D eigenvalue weighted by Gasteiger charge is -2.35. The largest absolute Gasteiger partial charge is 0.339 e. The standard InChI is InChI=1S/C19H25N5OS/c25-19(16-11-15(21-22-16)13-5-6-13)24-9-7-23(8-10-24)12-18-20-14-3-1-2-4-17(14)26-18/h1-4,13,15-16,21-22H,5-12H2. The fraction of sp³-hybridized carbons (Fsp3) is 0.579. The summed E-state index contributed by atoms with van der Waals surface area (Å²) in [5, 5.41) is 1.17. The minimum Gasteiger partial charge on any atom is -0.339 e. The lowest BCUT2D eigenvalue weighted by Crippen LogP contribution is -2.53. The number of para-hydroxylation sites is 1. The van der Waals surface area contributed by atoms with Crippen LogP contribution in [0.4, 0.5) is 0 Å². The van der Waals surface area contributed by atoms with Crippen LogP contribution >= 0.6 is 11.3 Å². The van der Waals surface area contributed by atoms with Crippen LogP contribution in [-0.2, 0) is 11.3 Å². The van der Waals surface area contributed by atoms with E-state index in [0.29, 0.717) is 6.04 Å². The molecule has 0 spiro atoms. The number of nitrogens with one attached hydrogen (secondary N) is 2. The third-order valence-corrected chi connectivity index (χ3v) is 6.82. The Morgan fingerprint density at radius 2 is 1.96 bits per heavy atom. The third-order valence-electron chi connectivity index (χ3n) is 5.80. The normalized spacial score (nSPS) is 27.3. The van der Waals surface area contributed by atoms with Crippen LogP contribution < -0.4 is 10.9 Å². The van der Waals surface area contributed by atoms with E-state index in [1.165, 1.54) is 22.5 Å². The zero-order valence-corrected chi connectivity index (χ0v) is 15.7. The van der Waals surface area contributed by atoms with E-state index < -0.39 is 0 Å². The molecule has 1 aliphatic carbocycles. The smallest absolute Gasteiger partial charge is 0.241 e. The molecule has 2 N–H and O–H groups in total. The highest BCUT2D eigenvalue weighted by Crippen LogP contribution is 2.35. The quantitative estimate of drug-likeness (QED) is 0.855. The Labute approximate surface area is 157 Å². The summed E-state index contributed by atoms with van der Waals surface area (Å²) in [7, 11) is 0. The number of carbonyl (C=O) groups is 1. The summed E-state index contributed by atoms with van der Waals surface area (Å²) in [6.07, 6.45) is 3.56. The van der Waals surface area contributed by atoms with Crippen molar-refractivity contribution in [2.45, 2.75) is 37.9 Å². The lowest BCUT2D eigenvalue weighted by molar-refractivity contribution is -0.135. The maximum absolute atomic E-state index is 12.8. The first-order valence-electron chi connectivity index (χ1n) is 9.63. The van der Waals surface area contributed by atoms with E-state index in [-0.39, 0.29) is 11.9 Å². The second-order valence-corrected chi connectivity index (χ2v) is 8.81. The van der Waals surface area contributed by atoms with E-state index in [0.717, 1.165) is 50.6 Å². The molecule has 7 heteroatoms. The number of hydrazine groups is 1. The molecule has 1 saturated carbocycles. The molecular weight excluding hydrogens is 346 g/mol. The second-order valence-electron chi connectivity index (χ2n) is 7.70. The summed E-state index contributed by atoms with van der Waals surface area (Å²) in [5.41, 5.74) is 7.65. The molecule has 3 aliphatic rings. The van der Waals surface area contributed by atoms with Gasteiger partial charge in [0.15, 0.2) is 0 Å². The summed E-state index contributed by atoms with van der Waals surface area (Å²) in [6.45, 7) is 4.36. The molecule has 0 bridgehead atoms. The number of nitrogens with zero attached hydrogens (tertiary/aromatic N) is 3. The Kier molecular flexibility index (Phi) is 4.40. The second kappa shape index (κ2) is 6.88. The molecule has 2 unspecified atom stereocenters. The topological polar surface area (TPSA) is 60.5 Å².